The van der Waals surface area contributed by atoms with Crippen molar-refractivity contribution in [2.75, 3.05) is 11.3 Å². The number of carbonyl (C=O) groups is 1. The third-order valence-electron chi connectivity index (χ3n) is 8.02. The number of halogens is 1. The Morgan fingerprint density at radius 1 is 1.07 bits per heavy atom. The lowest BCUT2D eigenvalue weighted by atomic mass is 9.63. The Bertz CT molecular complexity index is 1820. The number of rotatable bonds is 13. The Kier molecular flexibility index (Phi) is 9.90. The summed E-state index contributed by atoms with van der Waals surface area (Å²) in [5, 5.41) is 13.2. The van der Waals surface area contributed by atoms with E-state index in [-0.39, 0.29) is 34.9 Å². The van der Waals surface area contributed by atoms with Gasteiger partial charge < -0.3 is 15.2 Å². The molecule has 5 rings (SSSR count). The lowest BCUT2D eigenvalue weighted by Crippen LogP contribution is -2.41. The quantitative estimate of drug-likeness (QED) is 0.153. The number of aryl methyl sites for hydroxylation is 2. The van der Waals surface area contributed by atoms with Gasteiger partial charge in [-0.05, 0) is 73.8 Å². The molecule has 1 unspecified atom stereocenters. The molecule has 2 aromatic heterocycles. The average molecular weight is 665 g/mol. The summed E-state index contributed by atoms with van der Waals surface area (Å²) in [7, 11) is -4.23. The molecular formula is C33H37ClN6O5S. The summed E-state index contributed by atoms with van der Waals surface area (Å²) in [5.74, 6) is -0.721. The molecule has 242 valence electrons. The van der Waals surface area contributed by atoms with Gasteiger partial charge in [0.2, 0.25) is 11.8 Å². The molecule has 2 heterocycles. The number of hydrogen-bond acceptors (Lipinski definition) is 9. The van der Waals surface area contributed by atoms with E-state index < -0.39 is 16.0 Å². The van der Waals surface area contributed by atoms with Gasteiger partial charge in [0.25, 0.3) is 10.0 Å². The summed E-state index contributed by atoms with van der Waals surface area (Å²) in [6.07, 6.45) is 6.24. The average Bonchev–Trinajstić information content (AvgIpc) is 2.97. The van der Waals surface area contributed by atoms with Crippen molar-refractivity contribution in [2.45, 2.75) is 64.4 Å². The summed E-state index contributed by atoms with van der Waals surface area (Å²) < 4.78 is 35.4. The molecule has 2 aromatic carbocycles. The van der Waals surface area contributed by atoms with Gasteiger partial charge in [-0.25, -0.2) is 27.9 Å². The maximum absolute atomic E-state index is 13.3. The molecule has 1 fully saturated rings. The van der Waals surface area contributed by atoms with Gasteiger partial charge in [0.05, 0.1) is 28.0 Å². The Morgan fingerprint density at radius 2 is 1.78 bits per heavy atom. The minimum atomic E-state index is -4.23. The van der Waals surface area contributed by atoms with E-state index >= 15 is 0 Å². The maximum Gasteiger partial charge on any atom is 0.335 e. The standard InChI is InChI=1S/C33H37ClN6O5S/c1-20-7-5-8-21(2)30(20)27-13-29(39-32(38-27)40-46(43,44)26-10-6-9-23(12-26)31(41)42)45-19-24(11-22-14-33(3,4)15-22)36-17-25-16-35-18-28(34)37-25/h5-10,12-13,16,18,22,24,36H,11,14-15,17,19H2,1-4H3,(H,41,42)(H,38,39,40). The number of carboxylic acid groups (broad SMARTS) is 1. The first-order valence-electron chi connectivity index (χ1n) is 14.9. The Labute approximate surface area is 273 Å². The fourth-order valence-electron chi connectivity index (χ4n) is 6.05. The van der Waals surface area contributed by atoms with Crippen molar-refractivity contribution in [3.8, 4) is 17.1 Å². The molecule has 0 radical (unpaired) electrons. The Morgan fingerprint density at radius 3 is 2.46 bits per heavy atom. The summed E-state index contributed by atoms with van der Waals surface area (Å²) in [6.45, 7) is 9.12. The highest BCUT2D eigenvalue weighted by molar-refractivity contribution is 7.92. The van der Waals surface area contributed by atoms with Gasteiger partial charge in [-0.1, -0.05) is 49.7 Å². The van der Waals surface area contributed by atoms with Crippen LogP contribution in [0.25, 0.3) is 11.3 Å². The van der Waals surface area contributed by atoms with Crippen LogP contribution in [0.4, 0.5) is 5.95 Å². The van der Waals surface area contributed by atoms with Crippen molar-refractivity contribution in [3.05, 3.63) is 88.5 Å². The molecule has 11 nitrogen and oxygen atoms in total. The third kappa shape index (κ3) is 8.36. The second kappa shape index (κ2) is 13.7. The highest BCUT2D eigenvalue weighted by Gasteiger charge is 2.37. The van der Waals surface area contributed by atoms with E-state index in [2.05, 4.69) is 43.8 Å². The fourth-order valence-corrected chi connectivity index (χ4v) is 7.20. The number of anilines is 1. The van der Waals surface area contributed by atoms with Crippen LogP contribution in [-0.4, -0.2) is 52.1 Å². The molecule has 1 aliphatic rings. The molecule has 3 N–H and O–H groups in total. The number of carboxylic acids is 1. The molecule has 0 aliphatic heterocycles. The Hall–Kier alpha value is -4.13. The highest BCUT2D eigenvalue weighted by Crippen LogP contribution is 2.46. The van der Waals surface area contributed by atoms with Crippen LogP contribution in [0.2, 0.25) is 5.15 Å². The van der Waals surface area contributed by atoms with E-state index in [1.54, 1.807) is 12.3 Å². The number of aromatic carboxylic acids is 1. The first-order valence-corrected chi connectivity index (χ1v) is 16.8. The van der Waals surface area contributed by atoms with E-state index in [4.69, 9.17) is 16.3 Å². The van der Waals surface area contributed by atoms with Crippen molar-refractivity contribution < 1.29 is 23.1 Å². The van der Waals surface area contributed by atoms with Crippen molar-refractivity contribution >= 4 is 33.5 Å². The van der Waals surface area contributed by atoms with E-state index in [1.165, 1.54) is 24.4 Å². The number of ether oxygens (including phenoxy) is 1. The molecule has 1 saturated carbocycles. The first kappa shape index (κ1) is 33.2. The molecule has 0 amide bonds. The van der Waals surface area contributed by atoms with Gasteiger partial charge in [-0.15, -0.1) is 0 Å². The van der Waals surface area contributed by atoms with Crippen LogP contribution in [0, 0.1) is 25.2 Å². The second-order valence-corrected chi connectivity index (χ2v) is 14.6. The number of nitrogens with one attached hydrogen (secondary N) is 2. The zero-order valence-corrected chi connectivity index (χ0v) is 27.7. The molecule has 0 saturated heterocycles. The number of benzene rings is 2. The first-order chi connectivity index (χ1) is 21.8. The summed E-state index contributed by atoms with van der Waals surface area (Å²) in [4.78, 5) is 28.7. The summed E-state index contributed by atoms with van der Waals surface area (Å²) >= 11 is 6.04. The zero-order valence-electron chi connectivity index (χ0n) is 26.1. The van der Waals surface area contributed by atoms with Crippen LogP contribution in [0.5, 0.6) is 5.88 Å². The second-order valence-electron chi connectivity index (χ2n) is 12.5. The normalized spacial score (nSPS) is 15.2. The predicted molar refractivity (Wildman–Crippen MR) is 175 cm³/mol. The molecule has 13 heteroatoms. The number of hydrogen-bond donors (Lipinski definition) is 3. The van der Waals surface area contributed by atoms with Gasteiger partial charge in [-0.2, -0.15) is 4.98 Å². The molecule has 1 atom stereocenters. The highest BCUT2D eigenvalue weighted by atomic mass is 35.5. The number of sulfonamides is 1. The van der Waals surface area contributed by atoms with Crippen LogP contribution >= 0.6 is 11.6 Å². The van der Waals surface area contributed by atoms with Crippen molar-refractivity contribution in [2.24, 2.45) is 11.3 Å². The van der Waals surface area contributed by atoms with Crippen molar-refractivity contribution in [1.82, 2.24) is 25.3 Å². The molecule has 0 bridgehead atoms. The minimum absolute atomic E-state index is 0.0700. The largest absolute Gasteiger partial charge is 0.478 e. The minimum Gasteiger partial charge on any atom is -0.478 e. The topological polar surface area (TPSA) is 156 Å². The lowest BCUT2D eigenvalue weighted by molar-refractivity contribution is 0.0696. The van der Waals surface area contributed by atoms with Crippen LogP contribution in [0.15, 0.2) is 65.8 Å². The van der Waals surface area contributed by atoms with Gasteiger partial charge in [0.1, 0.15) is 11.8 Å². The van der Waals surface area contributed by atoms with E-state index in [0.717, 1.165) is 42.0 Å². The maximum atomic E-state index is 13.3. The van der Waals surface area contributed by atoms with Gasteiger partial charge in [0, 0.05) is 30.4 Å². The van der Waals surface area contributed by atoms with Crippen LogP contribution in [0.3, 0.4) is 0 Å². The molecule has 4 aromatic rings. The molecule has 0 spiro atoms. The van der Waals surface area contributed by atoms with Gasteiger partial charge in [0.15, 0.2) is 0 Å². The molecule has 46 heavy (non-hydrogen) atoms. The fraction of sp³-hybridized carbons (Fsp3) is 0.364. The van der Waals surface area contributed by atoms with E-state index in [1.807, 2.05) is 32.0 Å². The van der Waals surface area contributed by atoms with Gasteiger partial charge in [-0.3, -0.25) is 4.98 Å². The monoisotopic (exact) mass is 664 g/mol. The van der Waals surface area contributed by atoms with E-state index in [9.17, 15) is 18.3 Å². The number of nitrogens with zero attached hydrogens (tertiary/aromatic N) is 4. The van der Waals surface area contributed by atoms with Crippen LogP contribution < -0.4 is 14.8 Å². The smallest absolute Gasteiger partial charge is 0.335 e. The van der Waals surface area contributed by atoms with Crippen LogP contribution in [0.1, 0.15) is 60.3 Å². The summed E-state index contributed by atoms with van der Waals surface area (Å²) in [6, 6.07) is 12.5. The van der Waals surface area contributed by atoms with E-state index in [0.29, 0.717) is 34.4 Å². The van der Waals surface area contributed by atoms with Gasteiger partial charge >= 0.3 is 5.97 Å². The number of aromatic nitrogens is 4. The SMILES string of the molecule is Cc1cccc(C)c1-c1cc(OCC(CC2CC(C)(C)C2)NCc2cncc(Cl)n2)nc(NS(=O)(=O)c2cccc(C(=O)O)c2)n1. The van der Waals surface area contributed by atoms with Crippen molar-refractivity contribution in [3.63, 3.8) is 0 Å². The third-order valence-corrected chi connectivity index (χ3v) is 9.52. The molecule has 1 aliphatic carbocycles. The lowest BCUT2D eigenvalue weighted by Gasteiger charge is -2.44. The predicted octanol–water partition coefficient (Wildman–Crippen LogP) is 6.07. The van der Waals surface area contributed by atoms with Crippen LogP contribution in [-0.2, 0) is 16.6 Å². The Balaban J connectivity index is 1.43. The zero-order chi connectivity index (χ0) is 33.1. The molecular weight excluding hydrogens is 628 g/mol. The summed E-state index contributed by atoms with van der Waals surface area (Å²) in [5.41, 5.74) is 4.07. The van der Waals surface area contributed by atoms with Crippen molar-refractivity contribution in [1.29, 1.82) is 0 Å².